The van der Waals surface area contributed by atoms with Gasteiger partial charge in [-0.2, -0.15) is 0 Å². The van der Waals surface area contributed by atoms with Crippen LogP contribution in [0.5, 0.6) is 0 Å². The molecule has 2 heterocycles. The topological polar surface area (TPSA) is 61.0 Å². The van der Waals surface area contributed by atoms with Crippen LogP contribution in [0.15, 0.2) is 59.6 Å². The van der Waals surface area contributed by atoms with E-state index in [-0.39, 0.29) is 6.61 Å². The van der Waals surface area contributed by atoms with Gasteiger partial charge in [0, 0.05) is 47.9 Å². The Morgan fingerprint density at radius 1 is 1.07 bits per heavy atom. The number of fused-ring (bicyclic) bond motifs is 2. The molecule has 3 aromatic rings. The van der Waals surface area contributed by atoms with Crippen molar-refractivity contribution in [3.8, 4) is 0 Å². The van der Waals surface area contributed by atoms with Gasteiger partial charge in [-0.05, 0) is 37.6 Å². The largest absolute Gasteiger partial charge is 0.396 e. The predicted octanol–water partition coefficient (Wildman–Crippen LogP) is 3.92. The van der Waals surface area contributed by atoms with Crippen molar-refractivity contribution in [1.29, 1.82) is 0 Å². The molecule has 1 aromatic heterocycles. The van der Waals surface area contributed by atoms with Crippen molar-refractivity contribution < 1.29 is 10.2 Å². The van der Waals surface area contributed by atoms with Gasteiger partial charge in [-0.1, -0.05) is 36.4 Å². The second-order valence-electron chi connectivity index (χ2n) is 7.08. The van der Waals surface area contributed by atoms with Crippen LogP contribution < -0.4 is 0 Å². The summed E-state index contributed by atoms with van der Waals surface area (Å²) in [5.74, 6) is 0.701. The minimum absolute atomic E-state index is 0.0737. The standard InChI is InChI=1S/C23H25N3O2/c1-16-17(18-8-4-6-11-21(18)25(16)2)12-13-22-24-20-10-5-3-9-19(20)23(28)26(22)14-7-15-27/h3-6,8-13,23,27-28H,7,14-15H2,1-2H3/b13-12+/t23-/m0/s1. The number of hydrogen-bond donors (Lipinski definition) is 2. The highest BCUT2D eigenvalue weighted by Crippen LogP contribution is 2.34. The van der Waals surface area contributed by atoms with E-state index in [0.717, 1.165) is 16.8 Å². The SMILES string of the molecule is Cc1c(/C=C/C2=Nc3ccccc3[C@H](O)N2CCCO)c2ccccc2n1C. The lowest BCUT2D eigenvalue weighted by Crippen LogP contribution is -2.37. The summed E-state index contributed by atoms with van der Waals surface area (Å²) in [5, 5.41) is 21.3. The molecular formula is C23H25N3O2. The molecule has 0 aliphatic carbocycles. The molecule has 0 bridgehead atoms. The molecule has 0 amide bonds. The second-order valence-corrected chi connectivity index (χ2v) is 7.08. The molecule has 0 saturated heterocycles. The third-order valence-corrected chi connectivity index (χ3v) is 5.44. The molecule has 144 valence electrons. The lowest BCUT2D eigenvalue weighted by molar-refractivity contribution is 0.0477. The monoisotopic (exact) mass is 375 g/mol. The molecular weight excluding hydrogens is 350 g/mol. The van der Waals surface area contributed by atoms with E-state index in [9.17, 15) is 10.2 Å². The van der Waals surface area contributed by atoms with Gasteiger partial charge in [-0.15, -0.1) is 0 Å². The smallest absolute Gasteiger partial charge is 0.156 e. The Hall–Kier alpha value is -2.89. The highest BCUT2D eigenvalue weighted by Gasteiger charge is 2.26. The highest BCUT2D eigenvalue weighted by molar-refractivity contribution is 6.02. The lowest BCUT2D eigenvalue weighted by Gasteiger charge is -2.34. The molecule has 0 unspecified atom stereocenters. The Labute approximate surface area is 164 Å². The first-order valence-corrected chi connectivity index (χ1v) is 9.57. The maximum Gasteiger partial charge on any atom is 0.156 e. The minimum Gasteiger partial charge on any atom is -0.396 e. The molecule has 0 radical (unpaired) electrons. The van der Waals surface area contributed by atoms with Crippen LogP contribution in [0.4, 0.5) is 5.69 Å². The van der Waals surface area contributed by atoms with Crippen molar-refractivity contribution in [2.45, 2.75) is 19.6 Å². The summed E-state index contributed by atoms with van der Waals surface area (Å²) in [6.07, 6.45) is 3.84. The van der Waals surface area contributed by atoms with Crippen molar-refractivity contribution in [3.05, 3.63) is 71.4 Å². The van der Waals surface area contributed by atoms with Gasteiger partial charge in [0.05, 0.1) is 5.69 Å². The van der Waals surface area contributed by atoms with Gasteiger partial charge in [-0.3, -0.25) is 0 Å². The lowest BCUT2D eigenvalue weighted by atomic mass is 10.1. The van der Waals surface area contributed by atoms with E-state index in [4.69, 9.17) is 4.99 Å². The molecule has 2 aromatic carbocycles. The number of rotatable bonds is 5. The summed E-state index contributed by atoms with van der Waals surface area (Å²) < 4.78 is 2.19. The van der Waals surface area contributed by atoms with Gasteiger partial charge in [0.1, 0.15) is 5.84 Å². The zero-order chi connectivity index (χ0) is 19.7. The summed E-state index contributed by atoms with van der Waals surface area (Å²) in [5.41, 5.74) is 5.09. The van der Waals surface area contributed by atoms with Gasteiger partial charge in [0.2, 0.25) is 0 Å². The number of para-hydroxylation sites is 2. The number of aliphatic hydroxyl groups excluding tert-OH is 2. The third-order valence-electron chi connectivity index (χ3n) is 5.44. The van der Waals surface area contributed by atoms with E-state index in [1.165, 1.54) is 16.6 Å². The maximum absolute atomic E-state index is 10.9. The van der Waals surface area contributed by atoms with E-state index in [1.807, 2.05) is 47.4 Å². The molecule has 0 saturated carbocycles. The van der Waals surface area contributed by atoms with Gasteiger partial charge < -0.3 is 19.7 Å². The van der Waals surface area contributed by atoms with E-state index in [2.05, 4.69) is 36.7 Å². The zero-order valence-corrected chi connectivity index (χ0v) is 16.2. The van der Waals surface area contributed by atoms with Crippen LogP contribution in [-0.4, -0.2) is 38.7 Å². The van der Waals surface area contributed by atoms with Crippen LogP contribution in [-0.2, 0) is 7.05 Å². The fourth-order valence-electron chi connectivity index (χ4n) is 3.82. The number of aliphatic hydroxyl groups is 2. The van der Waals surface area contributed by atoms with Crippen LogP contribution in [0.25, 0.3) is 17.0 Å². The van der Waals surface area contributed by atoms with Crippen LogP contribution in [0.3, 0.4) is 0 Å². The quantitative estimate of drug-likeness (QED) is 0.711. The average molecular weight is 375 g/mol. The molecule has 5 heteroatoms. The fourth-order valence-corrected chi connectivity index (χ4v) is 3.82. The summed E-state index contributed by atoms with van der Waals surface area (Å²) >= 11 is 0. The Morgan fingerprint density at radius 2 is 1.82 bits per heavy atom. The molecule has 0 spiro atoms. The predicted molar refractivity (Wildman–Crippen MR) is 114 cm³/mol. The van der Waals surface area contributed by atoms with E-state index in [1.54, 1.807) is 0 Å². The Kier molecular flexibility index (Phi) is 5.03. The average Bonchev–Trinajstić information content (AvgIpc) is 2.96. The Balaban J connectivity index is 1.77. The molecule has 1 atom stereocenters. The van der Waals surface area contributed by atoms with Gasteiger partial charge in [-0.25, -0.2) is 4.99 Å². The third kappa shape index (κ3) is 3.13. The first-order chi connectivity index (χ1) is 13.6. The number of nitrogens with zero attached hydrogens (tertiary/aromatic N) is 3. The summed E-state index contributed by atoms with van der Waals surface area (Å²) in [7, 11) is 2.07. The number of amidine groups is 1. The number of aliphatic imine (C=N–C) groups is 1. The summed E-state index contributed by atoms with van der Waals surface area (Å²) in [4.78, 5) is 6.61. The van der Waals surface area contributed by atoms with Crippen LogP contribution in [0.1, 0.15) is 29.5 Å². The number of benzene rings is 2. The molecule has 5 nitrogen and oxygen atoms in total. The van der Waals surface area contributed by atoms with Crippen LogP contribution >= 0.6 is 0 Å². The van der Waals surface area contributed by atoms with E-state index < -0.39 is 6.23 Å². The summed E-state index contributed by atoms with van der Waals surface area (Å²) in [6, 6.07) is 16.0. The molecule has 28 heavy (non-hydrogen) atoms. The summed E-state index contributed by atoms with van der Waals surface area (Å²) in [6.45, 7) is 2.71. The highest BCUT2D eigenvalue weighted by atomic mass is 16.3. The fraction of sp³-hybridized carbons (Fsp3) is 0.261. The molecule has 2 N–H and O–H groups in total. The van der Waals surface area contributed by atoms with Gasteiger partial charge >= 0.3 is 0 Å². The Morgan fingerprint density at radius 3 is 2.64 bits per heavy atom. The second kappa shape index (κ2) is 7.62. The normalized spacial score (nSPS) is 16.6. The molecule has 1 aliphatic rings. The van der Waals surface area contributed by atoms with E-state index >= 15 is 0 Å². The van der Waals surface area contributed by atoms with Crippen molar-refractivity contribution >= 4 is 28.5 Å². The van der Waals surface area contributed by atoms with Gasteiger partial charge in [0.25, 0.3) is 0 Å². The minimum atomic E-state index is -0.770. The maximum atomic E-state index is 10.9. The first-order valence-electron chi connectivity index (χ1n) is 9.57. The van der Waals surface area contributed by atoms with Crippen molar-refractivity contribution in [3.63, 3.8) is 0 Å². The molecule has 1 aliphatic heterocycles. The zero-order valence-electron chi connectivity index (χ0n) is 16.2. The van der Waals surface area contributed by atoms with Gasteiger partial charge in [0.15, 0.2) is 6.23 Å². The van der Waals surface area contributed by atoms with Crippen molar-refractivity contribution in [2.24, 2.45) is 12.0 Å². The number of hydrogen-bond acceptors (Lipinski definition) is 4. The molecule has 0 fully saturated rings. The van der Waals surface area contributed by atoms with E-state index in [0.29, 0.717) is 18.8 Å². The Bertz CT molecular complexity index is 1060. The van der Waals surface area contributed by atoms with Crippen molar-refractivity contribution in [2.75, 3.05) is 13.2 Å². The van der Waals surface area contributed by atoms with Crippen molar-refractivity contribution in [1.82, 2.24) is 9.47 Å². The van der Waals surface area contributed by atoms with Crippen LogP contribution in [0.2, 0.25) is 0 Å². The molecule has 4 rings (SSSR count). The number of aromatic nitrogens is 1. The van der Waals surface area contributed by atoms with Crippen LogP contribution in [0, 0.1) is 6.92 Å². The first kappa shape index (κ1) is 18.5. The number of aryl methyl sites for hydroxylation is 1.